The second-order valence-electron chi connectivity index (χ2n) is 4.26. The smallest absolute Gasteiger partial charge is 0.170 e. The summed E-state index contributed by atoms with van der Waals surface area (Å²) in [4.78, 5) is 0. The molecule has 1 aliphatic rings. The Morgan fingerprint density at radius 2 is 2.17 bits per heavy atom. The van der Waals surface area contributed by atoms with Crippen molar-refractivity contribution in [2.24, 2.45) is 0 Å². The molecule has 0 atom stereocenters. The van der Waals surface area contributed by atoms with Gasteiger partial charge in [-0.05, 0) is 57.4 Å². The molecule has 2 aromatic rings. The maximum atomic E-state index is 4.07. The van der Waals surface area contributed by atoms with Gasteiger partial charge in [-0.3, -0.25) is 0 Å². The quantitative estimate of drug-likeness (QED) is 0.895. The first-order chi connectivity index (χ1) is 8.74. The average Bonchev–Trinajstić information content (AvgIpc) is 3.08. The van der Waals surface area contributed by atoms with Crippen molar-refractivity contribution in [1.29, 1.82) is 0 Å². The van der Waals surface area contributed by atoms with Crippen molar-refractivity contribution < 1.29 is 0 Å². The van der Waals surface area contributed by atoms with Gasteiger partial charge in [-0.25, -0.2) is 0 Å². The number of aromatic nitrogens is 4. The molecule has 0 saturated heterocycles. The fourth-order valence-electron chi connectivity index (χ4n) is 1.67. The molecule has 1 aromatic carbocycles. The van der Waals surface area contributed by atoms with Gasteiger partial charge in [0.05, 0.1) is 12.2 Å². The van der Waals surface area contributed by atoms with Crippen LogP contribution in [0.2, 0.25) is 0 Å². The lowest BCUT2D eigenvalue weighted by Crippen LogP contribution is -2.19. The Morgan fingerprint density at radius 1 is 1.33 bits per heavy atom. The Balaban J connectivity index is 1.90. The van der Waals surface area contributed by atoms with E-state index in [9.17, 15) is 0 Å². The molecule has 1 aromatic heterocycles. The molecular weight excluding hydrogens is 362 g/mol. The summed E-state index contributed by atoms with van der Waals surface area (Å²) in [6.45, 7) is 0.691. The van der Waals surface area contributed by atoms with Crippen LogP contribution in [0.3, 0.4) is 0 Å². The van der Waals surface area contributed by atoms with Gasteiger partial charge in [-0.2, -0.15) is 4.68 Å². The van der Waals surface area contributed by atoms with Crippen molar-refractivity contribution in [3.8, 4) is 5.69 Å². The predicted octanol–water partition coefficient (Wildman–Crippen LogP) is 2.44. The Morgan fingerprint density at radius 3 is 2.94 bits per heavy atom. The number of tetrazole rings is 1. The summed E-state index contributed by atoms with van der Waals surface area (Å²) in [5, 5.41) is 15.3. The first kappa shape index (κ1) is 12.3. The minimum Gasteiger partial charge on any atom is -0.307 e. The molecule has 1 N–H and O–H groups in total. The standard InChI is InChI=1S/C11H11Br2N5/c12-7-1-4-9(13)10(5-7)18-11(15-16-17-18)6-14-8-2-3-8/h1,4-5,8,14H,2-3,6H2. The zero-order valence-electron chi connectivity index (χ0n) is 9.48. The molecule has 1 aliphatic carbocycles. The molecule has 5 nitrogen and oxygen atoms in total. The van der Waals surface area contributed by atoms with Crippen LogP contribution in [0.4, 0.5) is 0 Å². The van der Waals surface area contributed by atoms with E-state index < -0.39 is 0 Å². The van der Waals surface area contributed by atoms with Crippen LogP contribution >= 0.6 is 31.9 Å². The summed E-state index contributed by atoms with van der Waals surface area (Å²) in [5.74, 6) is 0.820. The maximum absolute atomic E-state index is 4.07. The van der Waals surface area contributed by atoms with Crippen LogP contribution in [0, 0.1) is 0 Å². The number of rotatable bonds is 4. The van der Waals surface area contributed by atoms with E-state index in [0.29, 0.717) is 12.6 Å². The van der Waals surface area contributed by atoms with Crippen LogP contribution in [0.5, 0.6) is 0 Å². The zero-order valence-corrected chi connectivity index (χ0v) is 12.6. The first-order valence-electron chi connectivity index (χ1n) is 5.70. The van der Waals surface area contributed by atoms with E-state index in [1.54, 1.807) is 4.68 Å². The summed E-state index contributed by atoms with van der Waals surface area (Å²) < 4.78 is 3.72. The molecule has 18 heavy (non-hydrogen) atoms. The number of nitrogens with zero attached hydrogens (tertiary/aromatic N) is 4. The Bertz CT molecular complexity index is 564. The van der Waals surface area contributed by atoms with Crippen molar-refractivity contribution in [2.75, 3.05) is 0 Å². The van der Waals surface area contributed by atoms with E-state index in [1.165, 1.54) is 12.8 Å². The molecule has 1 saturated carbocycles. The zero-order chi connectivity index (χ0) is 12.5. The van der Waals surface area contributed by atoms with E-state index in [4.69, 9.17) is 0 Å². The average molecular weight is 373 g/mol. The van der Waals surface area contributed by atoms with E-state index >= 15 is 0 Å². The van der Waals surface area contributed by atoms with Crippen molar-refractivity contribution in [2.45, 2.75) is 25.4 Å². The Labute approximate surface area is 121 Å². The van der Waals surface area contributed by atoms with Gasteiger partial charge in [0.1, 0.15) is 0 Å². The molecule has 0 radical (unpaired) electrons. The minimum atomic E-state index is 0.640. The molecule has 3 rings (SSSR count). The van der Waals surface area contributed by atoms with Crippen LogP contribution in [-0.2, 0) is 6.54 Å². The summed E-state index contributed by atoms with van der Waals surface area (Å²) in [5.41, 5.74) is 0.932. The van der Waals surface area contributed by atoms with Crippen LogP contribution in [0.15, 0.2) is 27.1 Å². The second-order valence-corrected chi connectivity index (χ2v) is 6.03. The Hall–Kier alpha value is -0.790. The highest BCUT2D eigenvalue weighted by Gasteiger charge is 2.21. The lowest BCUT2D eigenvalue weighted by atomic mass is 10.3. The minimum absolute atomic E-state index is 0.640. The van der Waals surface area contributed by atoms with E-state index in [0.717, 1.165) is 20.5 Å². The van der Waals surface area contributed by atoms with Crippen LogP contribution in [0.25, 0.3) is 5.69 Å². The van der Waals surface area contributed by atoms with Crippen LogP contribution in [0.1, 0.15) is 18.7 Å². The summed E-state index contributed by atoms with van der Waals surface area (Å²) in [6, 6.07) is 6.57. The normalized spacial score (nSPS) is 15.0. The number of hydrogen-bond donors (Lipinski definition) is 1. The molecule has 0 unspecified atom stereocenters. The first-order valence-corrected chi connectivity index (χ1v) is 7.29. The van der Waals surface area contributed by atoms with Gasteiger partial charge in [0.2, 0.25) is 0 Å². The topological polar surface area (TPSA) is 55.6 Å². The SMILES string of the molecule is Brc1ccc(Br)c(-n2nnnc2CNC2CC2)c1. The van der Waals surface area contributed by atoms with Crippen LogP contribution in [-0.4, -0.2) is 26.2 Å². The van der Waals surface area contributed by atoms with Crippen molar-refractivity contribution in [1.82, 2.24) is 25.5 Å². The highest BCUT2D eigenvalue weighted by molar-refractivity contribution is 9.11. The molecule has 0 bridgehead atoms. The lowest BCUT2D eigenvalue weighted by Gasteiger charge is -2.07. The molecule has 0 spiro atoms. The third-order valence-corrected chi connectivity index (χ3v) is 3.96. The van der Waals surface area contributed by atoms with Gasteiger partial charge in [0, 0.05) is 15.0 Å². The van der Waals surface area contributed by atoms with Crippen molar-refractivity contribution >= 4 is 31.9 Å². The molecule has 7 heteroatoms. The largest absolute Gasteiger partial charge is 0.307 e. The highest BCUT2D eigenvalue weighted by Crippen LogP contribution is 2.25. The fourth-order valence-corrected chi connectivity index (χ4v) is 2.44. The third-order valence-electron chi connectivity index (χ3n) is 2.80. The summed E-state index contributed by atoms with van der Waals surface area (Å²) in [7, 11) is 0. The fraction of sp³-hybridized carbons (Fsp3) is 0.364. The lowest BCUT2D eigenvalue weighted by molar-refractivity contribution is 0.637. The molecule has 0 amide bonds. The number of halogens is 2. The predicted molar refractivity (Wildman–Crippen MR) is 74.4 cm³/mol. The third kappa shape index (κ3) is 2.62. The second kappa shape index (κ2) is 5.07. The van der Waals surface area contributed by atoms with Crippen molar-refractivity contribution in [3.05, 3.63) is 33.0 Å². The summed E-state index contributed by atoms with van der Waals surface area (Å²) in [6.07, 6.45) is 2.50. The van der Waals surface area contributed by atoms with E-state index in [2.05, 4.69) is 52.7 Å². The number of nitrogens with one attached hydrogen (secondary N) is 1. The number of benzene rings is 1. The monoisotopic (exact) mass is 371 g/mol. The van der Waals surface area contributed by atoms with Gasteiger partial charge in [-0.15, -0.1) is 5.10 Å². The number of hydrogen-bond acceptors (Lipinski definition) is 4. The van der Waals surface area contributed by atoms with Crippen molar-refractivity contribution in [3.63, 3.8) is 0 Å². The highest BCUT2D eigenvalue weighted by atomic mass is 79.9. The molecule has 1 fully saturated rings. The molecule has 1 heterocycles. The van der Waals surface area contributed by atoms with Gasteiger partial charge < -0.3 is 5.32 Å². The maximum Gasteiger partial charge on any atom is 0.170 e. The van der Waals surface area contributed by atoms with Gasteiger partial charge >= 0.3 is 0 Å². The van der Waals surface area contributed by atoms with Crippen LogP contribution < -0.4 is 5.32 Å². The van der Waals surface area contributed by atoms with Gasteiger partial charge in [-0.1, -0.05) is 15.9 Å². The van der Waals surface area contributed by atoms with E-state index in [-0.39, 0.29) is 0 Å². The van der Waals surface area contributed by atoms with Gasteiger partial charge in [0.15, 0.2) is 5.82 Å². The molecule has 0 aliphatic heterocycles. The van der Waals surface area contributed by atoms with E-state index in [1.807, 2.05) is 18.2 Å². The summed E-state index contributed by atoms with van der Waals surface area (Å²) >= 11 is 6.98. The Kier molecular flexibility index (Phi) is 3.45. The molecular formula is C11H11Br2N5. The van der Waals surface area contributed by atoms with Gasteiger partial charge in [0.25, 0.3) is 0 Å². The molecule has 94 valence electrons.